The molecule has 2 amide bonds. The van der Waals surface area contributed by atoms with Gasteiger partial charge in [0.15, 0.2) is 5.13 Å². The number of aromatic nitrogens is 1. The second-order valence-corrected chi connectivity index (χ2v) is 10.5. The van der Waals surface area contributed by atoms with E-state index < -0.39 is 21.7 Å². The number of rotatable bonds is 9. The second-order valence-electron chi connectivity index (χ2n) is 6.89. The molecule has 0 atom stereocenters. The first-order valence-electron chi connectivity index (χ1n) is 9.70. The van der Waals surface area contributed by atoms with E-state index in [9.17, 15) is 22.4 Å². The summed E-state index contributed by atoms with van der Waals surface area (Å²) in [6.45, 7) is 0. The molecule has 0 unspecified atom stereocenters. The average Bonchev–Trinajstić information content (AvgIpc) is 3.22. The van der Waals surface area contributed by atoms with Gasteiger partial charge in [-0.25, -0.2) is 17.8 Å². The highest BCUT2D eigenvalue weighted by Crippen LogP contribution is 2.27. The van der Waals surface area contributed by atoms with E-state index in [0.29, 0.717) is 10.8 Å². The van der Waals surface area contributed by atoms with Gasteiger partial charge in [-0.2, -0.15) is 0 Å². The van der Waals surface area contributed by atoms with Crippen molar-refractivity contribution in [1.29, 1.82) is 0 Å². The van der Waals surface area contributed by atoms with Crippen molar-refractivity contribution < 1.29 is 22.4 Å². The van der Waals surface area contributed by atoms with E-state index >= 15 is 0 Å². The smallest absolute Gasteiger partial charge is 0.259 e. The van der Waals surface area contributed by atoms with E-state index in [-0.39, 0.29) is 35.8 Å². The third-order valence-electron chi connectivity index (χ3n) is 4.45. The van der Waals surface area contributed by atoms with Crippen molar-refractivity contribution in [2.45, 2.75) is 12.8 Å². The summed E-state index contributed by atoms with van der Waals surface area (Å²) in [5.74, 6) is -2.00. The van der Waals surface area contributed by atoms with Crippen LogP contribution in [0.2, 0.25) is 0 Å². The Hall–Kier alpha value is -2.83. The highest BCUT2D eigenvalue weighted by atomic mass is 79.9. The number of halogens is 2. The highest BCUT2D eigenvalue weighted by Gasteiger charge is 2.19. The minimum Gasteiger partial charge on any atom is -0.359 e. The van der Waals surface area contributed by atoms with Gasteiger partial charge in [0, 0.05) is 28.9 Å². The summed E-state index contributed by atoms with van der Waals surface area (Å²) in [7, 11) is -2.46. The molecule has 0 saturated heterocycles. The molecule has 0 aliphatic heterocycles. The third-order valence-corrected chi connectivity index (χ3v) is 7.10. The second kappa shape index (κ2) is 10.9. The maximum absolute atomic E-state index is 13.8. The summed E-state index contributed by atoms with van der Waals surface area (Å²) in [6.07, 6.45) is 0.0997. The molecule has 0 aliphatic carbocycles. The zero-order chi connectivity index (χ0) is 24.0. The summed E-state index contributed by atoms with van der Waals surface area (Å²) in [6, 6.07) is 10.7. The predicted molar refractivity (Wildman–Crippen MR) is 130 cm³/mol. The quantitative estimate of drug-likeness (QED) is 0.366. The molecule has 3 N–H and O–H groups in total. The number of nitrogens with one attached hydrogen (secondary N) is 3. The number of anilines is 2. The lowest BCUT2D eigenvalue weighted by Gasteiger charge is -2.12. The van der Waals surface area contributed by atoms with Gasteiger partial charge in [-0.05, 0) is 36.8 Å². The van der Waals surface area contributed by atoms with Crippen molar-refractivity contribution in [3.05, 3.63) is 63.7 Å². The van der Waals surface area contributed by atoms with Crippen molar-refractivity contribution in [1.82, 2.24) is 10.3 Å². The lowest BCUT2D eigenvalue weighted by atomic mass is 10.1. The lowest BCUT2D eigenvalue weighted by molar-refractivity contribution is -0.120. The first kappa shape index (κ1) is 24.8. The van der Waals surface area contributed by atoms with E-state index in [0.717, 1.165) is 22.2 Å². The normalized spacial score (nSPS) is 11.1. The number of hydrogen-bond acceptors (Lipinski definition) is 6. The van der Waals surface area contributed by atoms with Gasteiger partial charge in [0.2, 0.25) is 15.9 Å². The third kappa shape index (κ3) is 7.07. The van der Waals surface area contributed by atoms with Crippen LogP contribution in [0.15, 0.2) is 52.3 Å². The molecule has 0 radical (unpaired) electrons. The molecule has 0 saturated carbocycles. The van der Waals surface area contributed by atoms with Crippen molar-refractivity contribution in [3.63, 3.8) is 0 Å². The van der Waals surface area contributed by atoms with Gasteiger partial charge in [0.05, 0.1) is 22.7 Å². The maximum atomic E-state index is 13.8. The molecule has 0 bridgehead atoms. The van der Waals surface area contributed by atoms with Gasteiger partial charge >= 0.3 is 0 Å². The molecular formula is C21H20BrFN4O4S2. The molecular weight excluding hydrogens is 535 g/mol. The average molecular weight is 555 g/mol. The van der Waals surface area contributed by atoms with Crippen LogP contribution >= 0.6 is 27.3 Å². The van der Waals surface area contributed by atoms with Crippen LogP contribution in [0.3, 0.4) is 0 Å². The van der Waals surface area contributed by atoms with Crippen molar-refractivity contribution in [3.8, 4) is 11.3 Å². The fourth-order valence-corrected chi connectivity index (χ4v) is 4.92. The van der Waals surface area contributed by atoms with Crippen LogP contribution in [-0.2, 0) is 14.8 Å². The van der Waals surface area contributed by atoms with Crippen LogP contribution in [0.25, 0.3) is 11.3 Å². The molecule has 2 aromatic carbocycles. The fourth-order valence-electron chi connectivity index (χ4n) is 2.81. The first-order valence-corrected chi connectivity index (χ1v) is 13.0. The summed E-state index contributed by atoms with van der Waals surface area (Å²) in [5.41, 5.74) is 1.27. The van der Waals surface area contributed by atoms with E-state index in [2.05, 4.69) is 36.3 Å². The van der Waals surface area contributed by atoms with Crippen molar-refractivity contribution in [2.24, 2.45) is 0 Å². The Morgan fingerprint density at radius 1 is 1.15 bits per heavy atom. The fraction of sp³-hybridized carbons (Fsp3) is 0.190. The molecule has 33 heavy (non-hydrogen) atoms. The van der Waals surface area contributed by atoms with Gasteiger partial charge in [-0.3, -0.25) is 19.6 Å². The molecule has 1 heterocycles. The Balaban J connectivity index is 1.73. The Kier molecular flexibility index (Phi) is 8.16. The highest BCUT2D eigenvalue weighted by molar-refractivity contribution is 9.10. The molecule has 12 heteroatoms. The van der Waals surface area contributed by atoms with Crippen LogP contribution < -0.4 is 15.4 Å². The molecule has 3 rings (SSSR count). The summed E-state index contributed by atoms with van der Waals surface area (Å²) < 4.78 is 41.7. The van der Waals surface area contributed by atoms with Gasteiger partial charge in [-0.1, -0.05) is 28.1 Å². The zero-order valence-electron chi connectivity index (χ0n) is 17.4. The topological polar surface area (TPSA) is 117 Å². The summed E-state index contributed by atoms with van der Waals surface area (Å²) in [5, 5.41) is 7.11. The minimum atomic E-state index is -3.91. The number of benzene rings is 2. The molecule has 0 spiro atoms. The molecule has 8 nitrogen and oxygen atoms in total. The van der Waals surface area contributed by atoms with Crippen LogP contribution in [-0.4, -0.2) is 38.0 Å². The standard InChI is InChI=1S/C21H20BrFN4O4S2/c1-24-19(28)3-2-10-33(30,31)27-17-11-15(23)8-9-16(17)20(29)26-21-25-18(12-32-21)13-4-6-14(22)7-5-13/h4-9,11-12,27H,2-3,10H2,1H3,(H,24,28)(H,25,26,29). The molecule has 1 aromatic heterocycles. The number of thiazole rings is 1. The largest absolute Gasteiger partial charge is 0.359 e. The van der Waals surface area contributed by atoms with Crippen molar-refractivity contribution >= 4 is 59.9 Å². The Labute approximate surface area is 202 Å². The Morgan fingerprint density at radius 2 is 1.88 bits per heavy atom. The van der Waals surface area contributed by atoms with Crippen LogP contribution in [0.4, 0.5) is 15.2 Å². The molecule has 0 aliphatic rings. The lowest BCUT2D eigenvalue weighted by Crippen LogP contribution is -2.23. The molecule has 0 fully saturated rings. The van der Waals surface area contributed by atoms with Gasteiger partial charge in [0.25, 0.3) is 5.91 Å². The summed E-state index contributed by atoms with van der Waals surface area (Å²) >= 11 is 4.57. The van der Waals surface area contributed by atoms with E-state index in [1.54, 1.807) is 5.38 Å². The number of carbonyl (C=O) groups is 2. The first-order chi connectivity index (χ1) is 15.7. The monoisotopic (exact) mass is 554 g/mol. The number of amides is 2. The Bertz CT molecular complexity index is 1260. The minimum absolute atomic E-state index is 0.0264. The van der Waals surface area contributed by atoms with Gasteiger partial charge in [0.1, 0.15) is 5.82 Å². The maximum Gasteiger partial charge on any atom is 0.259 e. The van der Waals surface area contributed by atoms with Crippen LogP contribution in [0, 0.1) is 5.82 Å². The van der Waals surface area contributed by atoms with Gasteiger partial charge in [-0.15, -0.1) is 11.3 Å². The number of nitrogens with zero attached hydrogens (tertiary/aromatic N) is 1. The van der Waals surface area contributed by atoms with Crippen LogP contribution in [0.5, 0.6) is 0 Å². The predicted octanol–water partition coefficient (Wildman–Crippen LogP) is 4.23. The summed E-state index contributed by atoms with van der Waals surface area (Å²) in [4.78, 5) is 28.5. The molecule has 174 valence electrons. The van der Waals surface area contributed by atoms with Crippen LogP contribution in [0.1, 0.15) is 23.2 Å². The Morgan fingerprint density at radius 3 is 2.58 bits per heavy atom. The number of sulfonamides is 1. The van der Waals surface area contributed by atoms with E-state index in [1.165, 1.54) is 24.5 Å². The number of carbonyl (C=O) groups excluding carboxylic acids is 2. The van der Waals surface area contributed by atoms with Crippen molar-refractivity contribution in [2.75, 3.05) is 22.8 Å². The SMILES string of the molecule is CNC(=O)CCCS(=O)(=O)Nc1cc(F)ccc1C(=O)Nc1nc(-c2ccc(Br)cc2)cs1. The molecule has 3 aromatic rings. The van der Waals surface area contributed by atoms with E-state index in [1.807, 2.05) is 24.3 Å². The van der Waals surface area contributed by atoms with Gasteiger partial charge < -0.3 is 5.32 Å². The zero-order valence-corrected chi connectivity index (χ0v) is 20.6. The number of hydrogen-bond donors (Lipinski definition) is 3. The van der Waals surface area contributed by atoms with E-state index in [4.69, 9.17) is 0 Å².